The van der Waals surface area contributed by atoms with E-state index in [9.17, 15) is 9.90 Å². The number of phenols is 1. The topological polar surface area (TPSA) is 127 Å². The number of halogens is 1. The van der Waals surface area contributed by atoms with Crippen LogP contribution in [0, 0.1) is 13.8 Å². The van der Waals surface area contributed by atoms with E-state index in [1.165, 1.54) is 29.7 Å². The molecule has 1 amide bonds. The Labute approximate surface area is 206 Å². The zero-order chi connectivity index (χ0) is 24.2. The first-order chi connectivity index (χ1) is 16.3. The molecule has 4 N–H and O–H groups in total. The summed E-state index contributed by atoms with van der Waals surface area (Å²) in [6, 6.07) is 4.78. The van der Waals surface area contributed by atoms with Crippen LogP contribution in [0.25, 0.3) is 0 Å². The number of rotatable bonds is 7. The number of nitrogens with zero attached hydrogens (tertiary/aromatic N) is 5. The van der Waals surface area contributed by atoms with Gasteiger partial charge in [-0.15, -0.1) is 0 Å². The van der Waals surface area contributed by atoms with E-state index >= 15 is 0 Å². The number of aryl methyl sites for hydroxylation is 2. The lowest BCUT2D eigenvalue weighted by molar-refractivity contribution is 0.103. The second kappa shape index (κ2) is 10.5. The predicted octanol–water partition coefficient (Wildman–Crippen LogP) is 3.02. The zero-order valence-electron chi connectivity index (χ0n) is 18.9. The average molecular weight is 504 g/mol. The van der Waals surface area contributed by atoms with Crippen molar-refractivity contribution in [1.82, 2.24) is 19.9 Å². The van der Waals surface area contributed by atoms with Gasteiger partial charge in [0, 0.05) is 44.9 Å². The van der Waals surface area contributed by atoms with Crippen LogP contribution in [0.4, 0.5) is 22.5 Å². The van der Waals surface area contributed by atoms with E-state index in [1.807, 2.05) is 13.0 Å². The quantitative estimate of drug-likeness (QED) is 0.360. The van der Waals surface area contributed by atoms with Gasteiger partial charge in [0.15, 0.2) is 5.13 Å². The van der Waals surface area contributed by atoms with Crippen molar-refractivity contribution in [2.24, 2.45) is 0 Å². The fourth-order valence-electron chi connectivity index (χ4n) is 3.73. The highest BCUT2D eigenvalue weighted by Crippen LogP contribution is 2.31. The molecule has 0 unspecified atom stereocenters. The second-order valence-electron chi connectivity index (χ2n) is 7.94. The molecule has 0 radical (unpaired) electrons. The maximum atomic E-state index is 12.7. The molecule has 3 aromatic rings. The van der Waals surface area contributed by atoms with Crippen molar-refractivity contribution in [3.63, 3.8) is 0 Å². The highest BCUT2D eigenvalue weighted by Gasteiger charge is 2.19. The van der Waals surface area contributed by atoms with Crippen LogP contribution < -0.4 is 15.5 Å². The van der Waals surface area contributed by atoms with Gasteiger partial charge in [-0.1, -0.05) is 22.9 Å². The summed E-state index contributed by atoms with van der Waals surface area (Å²) in [5.74, 6) is 1.74. The summed E-state index contributed by atoms with van der Waals surface area (Å²) >= 11 is 7.36. The zero-order valence-corrected chi connectivity index (χ0v) is 20.4. The number of carbonyl (C=O) groups excluding carboxylic acids is 1. The number of aromatic nitrogens is 3. The van der Waals surface area contributed by atoms with Crippen LogP contribution in [-0.2, 0) is 0 Å². The molecule has 4 rings (SSSR count). The Morgan fingerprint density at radius 3 is 2.65 bits per heavy atom. The first-order valence-electron chi connectivity index (χ1n) is 10.8. The Bertz CT molecular complexity index is 1160. The number of anilines is 4. The van der Waals surface area contributed by atoms with E-state index in [4.69, 9.17) is 16.7 Å². The summed E-state index contributed by atoms with van der Waals surface area (Å²) in [5.41, 5.74) is 1.10. The van der Waals surface area contributed by atoms with Crippen LogP contribution in [0.1, 0.15) is 21.1 Å². The number of nitrogens with one attached hydrogen (secondary N) is 2. The molecule has 34 heavy (non-hydrogen) atoms. The molecule has 1 fully saturated rings. The molecule has 2 aromatic heterocycles. The van der Waals surface area contributed by atoms with Crippen LogP contribution in [0.3, 0.4) is 0 Å². The highest BCUT2D eigenvalue weighted by atomic mass is 35.5. The maximum Gasteiger partial charge on any atom is 0.267 e. The molecule has 0 bridgehead atoms. The number of piperazine rings is 1. The summed E-state index contributed by atoms with van der Waals surface area (Å²) < 4.78 is 0. The third-order valence-electron chi connectivity index (χ3n) is 5.41. The smallest absolute Gasteiger partial charge is 0.267 e. The van der Waals surface area contributed by atoms with Crippen LogP contribution in [-0.4, -0.2) is 75.3 Å². The van der Waals surface area contributed by atoms with Crippen molar-refractivity contribution in [3.05, 3.63) is 45.7 Å². The number of β-amino-alcohol motifs (C(OH)–C–C–N with tert-alkyl or cyclic N) is 1. The number of thiazole rings is 1. The Morgan fingerprint density at radius 1 is 1.18 bits per heavy atom. The van der Waals surface area contributed by atoms with Crippen molar-refractivity contribution in [3.8, 4) is 5.75 Å². The molecule has 0 spiro atoms. The van der Waals surface area contributed by atoms with Crippen molar-refractivity contribution >= 4 is 51.3 Å². The number of aliphatic hydroxyl groups excluding tert-OH is 1. The number of amides is 1. The summed E-state index contributed by atoms with van der Waals surface area (Å²) in [7, 11) is 0. The van der Waals surface area contributed by atoms with Gasteiger partial charge in [-0.05, 0) is 25.5 Å². The van der Waals surface area contributed by atoms with Gasteiger partial charge in [-0.3, -0.25) is 9.69 Å². The van der Waals surface area contributed by atoms with Crippen molar-refractivity contribution in [2.45, 2.75) is 13.8 Å². The number of benzene rings is 1. The van der Waals surface area contributed by atoms with E-state index in [0.29, 0.717) is 39.4 Å². The first kappa shape index (κ1) is 24.1. The molecule has 1 saturated heterocycles. The average Bonchev–Trinajstić information content (AvgIpc) is 3.25. The molecule has 180 valence electrons. The minimum atomic E-state index is -0.346. The highest BCUT2D eigenvalue weighted by molar-refractivity contribution is 7.17. The van der Waals surface area contributed by atoms with E-state index in [-0.39, 0.29) is 23.3 Å². The van der Waals surface area contributed by atoms with Gasteiger partial charge in [0.2, 0.25) is 0 Å². The Kier molecular flexibility index (Phi) is 7.47. The second-order valence-corrected chi connectivity index (χ2v) is 9.38. The fourth-order valence-corrected chi connectivity index (χ4v) is 4.75. The Morgan fingerprint density at radius 2 is 1.94 bits per heavy atom. The summed E-state index contributed by atoms with van der Waals surface area (Å²) in [5, 5.41) is 25.5. The summed E-state index contributed by atoms with van der Waals surface area (Å²) in [4.78, 5) is 30.9. The van der Waals surface area contributed by atoms with Crippen LogP contribution in [0.15, 0.2) is 24.4 Å². The number of phenolic OH excluding ortho intramolecular Hbond substituents is 1. The normalized spacial score (nSPS) is 14.3. The van der Waals surface area contributed by atoms with E-state index in [1.54, 1.807) is 6.92 Å². The lowest BCUT2D eigenvalue weighted by Crippen LogP contribution is -2.47. The molecular formula is C22H26ClN7O3S. The molecule has 1 aliphatic rings. The molecule has 1 aromatic carbocycles. The maximum absolute atomic E-state index is 12.7. The van der Waals surface area contributed by atoms with Gasteiger partial charge < -0.3 is 25.7 Å². The SMILES string of the molecule is Cc1nc(Nc2ncc(C(=O)Nc3c(C)cc(O)cc3Cl)s2)cc(N2CCN(CCO)CC2)n1. The van der Waals surface area contributed by atoms with Crippen LogP contribution >= 0.6 is 22.9 Å². The number of hydrogen-bond donors (Lipinski definition) is 4. The number of hydrogen-bond acceptors (Lipinski definition) is 10. The molecule has 12 heteroatoms. The number of carbonyl (C=O) groups is 1. The lowest BCUT2D eigenvalue weighted by atomic mass is 10.2. The van der Waals surface area contributed by atoms with Gasteiger partial charge in [0.1, 0.15) is 28.1 Å². The molecule has 3 heterocycles. The van der Waals surface area contributed by atoms with Crippen LogP contribution in [0.2, 0.25) is 5.02 Å². The van der Waals surface area contributed by atoms with Gasteiger partial charge in [-0.25, -0.2) is 15.0 Å². The van der Waals surface area contributed by atoms with Crippen LogP contribution in [0.5, 0.6) is 5.75 Å². The third-order valence-corrected chi connectivity index (χ3v) is 6.62. The summed E-state index contributed by atoms with van der Waals surface area (Å²) in [6.45, 7) is 7.79. The van der Waals surface area contributed by atoms with E-state index < -0.39 is 0 Å². The number of aliphatic hydroxyl groups is 1. The van der Waals surface area contributed by atoms with Crippen molar-refractivity contribution in [2.75, 3.05) is 54.9 Å². The van der Waals surface area contributed by atoms with E-state index in [0.717, 1.165) is 32.0 Å². The third kappa shape index (κ3) is 5.73. The standard InChI is InChI=1S/C22H26ClN7O3S/c1-13-9-15(32)10-16(23)20(13)28-21(33)17-12-24-22(34-17)27-18-11-19(26-14(2)25-18)30-5-3-29(4-6-30)7-8-31/h9-12,31-32H,3-8H2,1-2H3,(H,28,33)(H,24,25,26,27). The molecule has 0 atom stereocenters. The largest absolute Gasteiger partial charge is 0.508 e. The molecule has 0 saturated carbocycles. The fraction of sp³-hybridized carbons (Fsp3) is 0.364. The molecule has 0 aliphatic carbocycles. The Hall–Kier alpha value is -2.99. The van der Waals surface area contributed by atoms with Gasteiger partial charge in [-0.2, -0.15) is 0 Å². The summed E-state index contributed by atoms with van der Waals surface area (Å²) in [6.07, 6.45) is 1.49. The van der Waals surface area contributed by atoms with E-state index in [2.05, 4.69) is 35.4 Å². The minimum absolute atomic E-state index is 0.0383. The van der Waals surface area contributed by atoms with Gasteiger partial charge >= 0.3 is 0 Å². The first-order valence-corrected chi connectivity index (χ1v) is 12.0. The molecule has 1 aliphatic heterocycles. The minimum Gasteiger partial charge on any atom is -0.508 e. The van der Waals surface area contributed by atoms with Gasteiger partial charge in [0.05, 0.1) is 23.5 Å². The monoisotopic (exact) mass is 503 g/mol. The molecular weight excluding hydrogens is 478 g/mol. The van der Waals surface area contributed by atoms with Crippen molar-refractivity contribution < 1.29 is 15.0 Å². The Balaban J connectivity index is 1.43. The lowest BCUT2D eigenvalue weighted by Gasteiger charge is -2.35. The van der Waals surface area contributed by atoms with Gasteiger partial charge in [0.25, 0.3) is 5.91 Å². The molecule has 10 nitrogen and oxygen atoms in total. The van der Waals surface area contributed by atoms with Crippen molar-refractivity contribution in [1.29, 1.82) is 0 Å². The predicted molar refractivity (Wildman–Crippen MR) is 134 cm³/mol. The number of aromatic hydroxyl groups is 1.